The predicted molar refractivity (Wildman–Crippen MR) is 108 cm³/mol. The number of hydrogen-bond donors (Lipinski definition) is 0. The second kappa shape index (κ2) is 8.31. The minimum atomic E-state index is -1.91. The van der Waals surface area contributed by atoms with Gasteiger partial charge in [-0.05, 0) is 48.6 Å². The smallest absolute Gasteiger partial charge is 0.229 e. The van der Waals surface area contributed by atoms with Crippen molar-refractivity contribution in [1.29, 1.82) is 0 Å². The van der Waals surface area contributed by atoms with Gasteiger partial charge in [0.05, 0.1) is 0 Å². The Kier molecular flexibility index (Phi) is 8.16. The highest BCUT2D eigenvalue weighted by atomic mass is 28.4. The average Bonchev–Trinajstić information content (AvgIpc) is 2.38. The van der Waals surface area contributed by atoms with E-state index in [1.165, 1.54) is 0 Å². The summed E-state index contributed by atoms with van der Waals surface area (Å²) in [4.78, 5) is 12.1. The third kappa shape index (κ3) is 7.22. The lowest BCUT2D eigenvalue weighted by molar-refractivity contribution is -0.115. The monoisotopic (exact) mass is 370 g/mol. The van der Waals surface area contributed by atoms with Crippen LogP contribution in [-0.4, -0.2) is 35.1 Å². The van der Waals surface area contributed by atoms with Gasteiger partial charge in [-0.15, -0.1) is 0 Å². The summed E-state index contributed by atoms with van der Waals surface area (Å²) < 4.78 is 12.2. The summed E-state index contributed by atoms with van der Waals surface area (Å²) >= 11 is 0. The Balaban J connectivity index is 4.81. The van der Waals surface area contributed by atoms with E-state index in [2.05, 4.69) is 79.6 Å². The third-order valence-electron chi connectivity index (χ3n) is 5.36. The summed E-state index contributed by atoms with van der Waals surface area (Å²) in [5.41, 5.74) is 0. The molecule has 0 N–H and O–H groups in total. The van der Waals surface area contributed by atoms with Gasteiger partial charge in [0.25, 0.3) is 0 Å². The van der Waals surface area contributed by atoms with Crippen molar-refractivity contribution in [2.45, 2.75) is 97.3 Å². The van der Waals surface area contributed by atoms with E-state index >= 15 is 0 Å². The standard InChI is InChI=1S/C19H38O3Si2/c1-12-17(22-24(10,11)19(5,6)7)14-13-16(20)15-21-23(8,9)18(2,3)4/h17H,12,15H2,1-11H3/t17-/m1/s1. The highest BCUT2D eigenvalue weighted by molar-refractivity contribution is 6.74. The van der Waals surface area contributed by atoms with E-state index in [9.17, 15) is 4.79 Å². The zero-order chi connectivity index (χ0) is 19.4. The van der Waals surface area contributed by atoms with E-state index in [1.54, 1.807) is 0 Å². The van der Waals surface area contributed by atoms with Gasteiger partial charge in [0, 0.05) is 0 Å². The van der Waals surface area contributed by atoms with Gasteiger partial charge in [0.1, 0.15) is 12.7 Å². The van der Waals surface area contributed by atoms with Crippen molar-refractivity contribution in [2.24, 2.45) is 0 Å². The molecule has 5 heteroatoms. The van der Waals surface area contributed by atoms with Gasteiger partial charge in [0.15, 0.2) is 16.6 Å². The number of carbonyl (C=O) groups is 1. The molecule has 1 atom stereocenters. The van der Waals surface area contributed by atoms with Crippen LogP contribution >= 0.6 is 0 Å². The zero-order valence-electron chi connectivity index (χ0n) is 17.7. The van der Waals surface area contributed by atoms with E-state index in [-0.39, 0.29) is 28.6 Å². The molecule has 0 bridgehead atoms. The highest BCUT2D eigenvalue weighted by Crippen LogP contribution is 2.38. The molecule has 0 aromatic heterocycles. The van der Waals surface area contributed by atoms with Crippen molar-refractivity contribution in [3.05, 3.63) is 0 Å². The van der Waals surface area contributed by atoms with Gasteiger partial charge < -0.3 is 8.85 Å². The SMILES string of the molecule is CC[C@H](C#CC(=O)CO[Si](C)(C)C(C)(C)C)O[Si](C)(C)C(C)(C)C. The molecule has 0 radical (unpaired) electrons. The molecule has 0 amide bonds. The first kappa shape index (κ1) is 23.6. The van der Waals surface area contributed by atoms with Gasteiger partial charge in [0.2, 0.25) is 5.78 Å². The van der Waals surface area contributed by atoms with Crippen molar-refractivity contribution in [3.8, 4) is 11.8 Å². The zero-order valence-corrected chi connectivity index (χ0v) is 19.7. The Morgan fingerprint density at radius 2 is 1.42 bits per heavy atom. The molecule has 140 valence electrons. The molecule has 0 aromatic rings. The Bertz CT molecular complexity index is 485. The van der Waals surface area contributed by atoms with E-state index in [1.807, 2.05) is 6.92 Å². The van der Waals surface area contributed by atoms with Crippen LogP contribution in [0.3, 0.4) is 0 Å². The molecule has 0 aliphatic heterocycles. The Labute approximate surface area is 152 Å². The van der Waals surface area contributed by atoms with Crippen LogP contribution in [0, 0.1) is 11.8 Å². The minimum Gasteiger partial charge on any atom is -0.408 e. The molecule has 0 heterocycles. The number of rotatable bonds is 6. The number of hydrogen-bond acceptors (Lipinski definition) is 3. The summed E-state index contributed by atoms with van der Waals surface area (Å²) in [5, 5.41) is 0.232. The Morgan fingerprint density at radius 1 is 0.958 bits per heavy atom. The molecule has 0 unspecified atom stereocenters. The number of Topliss-reactive ketones (excluding diaryl/α,β-unsaturated/α-hetero) is 1. The van der Waals surface area contributed by atoms with Crippen LogP contribution in [0.15, 0.2) is 0 Å². The maximum Gasteiger partial charge on any atom is 0.229 e. The molecule has 0 saturated heterocycles. The molecule has 3 nitrogen and oxygen atoms in total. The maximum absolute atomic E-state index is 12.1. The molecule has 0 fully saturated rings. The largest absolute Gasteiger partial charge is 0.408 e. The van der Waals surface area contributed by atoms with Gasteiger partial charge in [-0.3, -0.25) is 4.79 Å². The molecular weight excluding hydrogens is 332 g/mol. The number of ketones is 1. The first-order valence-electron chi connectivity index (χ1n) is 8.89. The van der Waals surface area contributed by atoms with E-state index in [0.717, 1.165) is 6.42 Å². The van der Waals surface area contributed by atoms with Crippen molar-refractivity contribution < 1.29 is 13.6 Å². The van der Waals surface area contributed by atoms with Gasteiger partial charge in [-0.25, -0.2) is 0 Å². The predicted octanol–water partition coefficient (Wildman–Crippen LogP) is 5.38. The molecule has 0 aliphatic rings. The summed E-state index contributed by atoms with van der Waals surface area (Å²) in [5.74, 6) is 5.60. The van der Waals surface area contributed by atoms with Crippen LogP contribution in [0.25, 0.3) is 0 Å². The fraction of sp³-hybridized carbons (Fsp3) is 0.842. The summed E-state index contributed by atoms with van der Waals surface area (Å²) in [6.45, 7) is 23.9. The normalized spacial score (nSPS) is 14.8. The molecule has 0 spiro atoms. The first-order chi connectivity index (χ1) is 10.5. The van der Waals surface area contributed by atoms with Crippen LogP contribution in [0.1, 0.15) is 54.9 Å². The highest BCUT2D eigenvalue weighted by Gasteiger charge is 2.39. The van der Waals surface area contributed by atoms with Crippen molar-refractivity contribution in [2.75, 3.05) is 6.61 Å². The molecule has 0 aromatic carbocycles. The lowest BCUT2D eigenvalue weighted by Gasteiger charge is -2.37. The van der Waals surface area contributed by atoms with Gasteiger partial charge in [-0.1, -0.05) is 54.4 Å². The quantitative estimate of drug-likeness (QED) is 0.358. The van der Waals surface area contributed by atoms with Crippen LogP contribution < -0.4 is 0 Å². The average molecular weight is 371 g/mol. The van der Waals surface area contributed by atoms with Crippen LogP contribution in [0.4, 0.5) is 0 Å². The summed E-state index contributed by atoms with van der Waals surface area (Å²) in [7, 11) is -3.78. The van der Waals surface area contributed by atoms with Gasteiger partial charge >= 0.3 is 0 Å². The second-order valence-corrected chi connectivity index (χ2v) is 19.1. The first-order valence-corrected chi connectivity index (χ1v) is 14.7. The summed E-state index contributed by atoms with van der Waals surface area (Å²) in [6, 6.07) is 0. The number of carbonyl (C=O) groups excluding carboxylic acids is 1. The Hall–Kier alpha value is -0.416. The van der Waals surface area contributed by atoms with Crippen LogP contribution in [0.5, 0.6) is 0 Å². The van der Waals surface area contributed by atoms with Crippen molar-refractivity contribution in [1.82, 2.24) is 0 Å². The third-order valence-corrected chi connectivity index (χ3v) is 14.3. The molecule has 0 aliphatic carbocycles. The van der Waals surface area contributed by atoms with Gasteiger partial charge in [-0.2, -0.15) is 0 Å². The fourth-order valence-corrected chi connectivity index (χ4v) is 3.62. The van der Waals surface area contributed by atoms with Crippen LogP contribution in [0.2, 0.25) is 36.3 Å². The second-order valence-electron chi connectivity index (χ2n) is 9.52. The van der Waals surface area contributed by atoms with Crippen molar-refractivity contribution >= 4 is 22.4 Å². The lowest BCUT2D eigenvalue weighted by Crippen LogP contribution is -2.43. The lowest BCUT2D eigenvalue weighted by atomic mass is 10.2. The molecule has 24 heavy (non-hydrogen) atoms. The summed E-state index contributed by atoms with van der Waals surface area (Å²) in [6.07, 6.45) is 0.610. The molecule has 0 rings (SSSR count). The topological polar surface area (TPSA) is 35.5 Å². The van der Waals surface area contributed by atoms with E-state index < -0.39 is 16.6 Å². The molecule has 0 saturated carbocycles. The van der Waals surface area contributed by atoms with Crippen LogP contribution in [-0.2, 0) is 13.6 Å². The minimum absolute atomic E-state index is 0.0834. The van der Waals surface area contributed by atoms with E-state index in [4.69, 9.17) is 8.85 Å². The van der Waals surface area contributed by atoms with Crippen molar-refractivity contribution in [3.63, 3.8) is 0 Å². The maximum atomic E-state index is 12.1. The fourth-order valence-electron chi connectivity index (χ4n) is 1.41. The van der Waals surface area contributed by atoms with E-state index in [0.29, 0.717) is 0 Å². The molecular formula is C19H38O3Si2. The Morgan fingerprint density at radius 3 is 1.79 bits per heavy atom.